The Kier molecular flexibility index (Phi) is 3.99. The highest BCUT2D eigenvalue weighted by Crippen LogP contribution is 2.22. The van der Waals surface area contributed by atoms with Crippen LogP contribution in [-0.4, -0.2) is 28.0 Å². The number of hydrogen-bond donors (Lipinski definition) is 0. The van der Waals surface area contributed by atoms with E-state index in [9.17, 15) is 0 Å². The number of benzene rings is 1. The van der Waals surface area contributed by atoms with Crippen LogP contribution < -0.4 is 0 Å². The third kappa shape index (κ3) is 2.84. The number of nitrogens with zero attached hydrogens (tertiary/aromatic N) is 3. The number of halogens is 1. The number of rotatable bonds is 3. The van der Waals surface area contributed by atoms with Gasteiger partial charge in [-0.1, -0.05) is 18.5 Å². The molecule has 0 unspecified atom stereocenters. The first kappa shape index (κ1) is 13.5. The van der Waals surface area contributed by atoms with E-state index in [1.807, 2.05) is 30.5 Å². The summed E-state index contributed by atoms with van der Waals surface area (Å²) >= 11 is 5.92. The summed E-state index contributed by atoms with van der Waals surface area (Å²) in [7, 11) is 0. The first-order chi connectivity index (χ1) is 9.76. The van der Waals surface area contributed by atoms with Crippen molar-refractivity contribution in [2.75, 3.05) is 13.1 Å². The molecule has 1 aromatic carbocycles. The quantitative estimate of drug-likeness (QED) is 0.864. The topological polar surface area (TPSA) is 29.0 Å². The van der Waals surface area contributed by atoms with E-state index in [0.717, 1.165) is 42.5 Å². The largest absolute Gasteiger partial charge is 0.297 e. The van der Waals surface area contributed by atoms with E-state index in [1.165, 1.54) is 17.7 Å². The van der Waals surface area contributed by atoms with Crippen LogP contribution in [0.15, 0.2) is 30.5 Å². The van der Waals surface area contributed by atoms with Crippen LogP contribution in [0.2, 0.25) is 5.02 Å². The molecule has 0 amide bonds. The molecule has 3 nitrogen and oxygen atoms in total. The Hall–Kier alpha value is -1.45. The van der Waals surface area contributed by atoms with Crippen LogP contribution in [0.4, 0.5) is 0 Å². The maximum atomic E-state index is 5.92. The second kappa shape index (κ2) is 5.90. The monoisotopic (exact) mass is 287 g/mol. The highest BCUT2D eigenvalue weighted by molar-refractivity contribution is 6.30. The molecule has 0 atom stereocenters. The Bertz CT molecular complexity index is 595. The van der Waals surface area contributed by atoms with Crippen LogP contribution in [-0.2, 0) is 13.0 Å². The summed E-state index contributed by atoms with van der Waals surface area (Å²) in [6, 6.07) is 7.69. The van der Waals surface area contributed by atoms with Crippen LogP contribution in [0.25, 0.3) is 11.4 Å². The molecular formula is C16H18ClN3. The fourth-order valence-electron chi connectivity index (χ4n) is 2.60. The lowest BCUT2D eigenvalue weighted by Gasteiger charge is -2.27. The zero-order chi connectivity index (χ0) is 13.9. The standard InChI is InChI=1S/C16H18ClN3/c1-2-8-20-9-7-13-10-18-16(19-15(13)11-20)12-3-5-14(17)6-4-12/h3-6,10H,2,7-9,11H2,1H3. The van der Waals surface area contributed by atoms with E-state index in [0.29, 0.717) is 0 Å². The summed E-state index contributed by atoms with van der Waals surface area (Å²) in [5.74, 6) is 0.791. The van der Waals surface area contributed by atoms with Gasteiger partial charge in [0.05, 0.1) is 5.69 Å². The van der Waals surface area contributed by atoms with E-state index in [2.05, 4.69) is 16.8 Å². The number of aromatic nitrogens is 2. The third-order valence-electron chi connectivity index (χ3n) is 3.67. The van der Waals surface area contributed by atoms with E-state index in [1.54, 1.807) is 0 Å². The molecule has 0 saturated heterocycles. The van der Waals surface area contributed by atoms with E-state index >= 15 is 0 Å². The molecule has 0 N–H and O–H groups in total. The Morgan fingerprint density at radius 1 is 1.25 bits per heavy atom. The molecule has 20 heavy (non-hydrogen) atoms. The molecular weight excluding hydrogens is 270 g/mol. The van der Waals surface area contributed by atoms with Gasteiger partial charge in [0.2, 0.25) is 0 Å². The molecule has 2 aromatic rings. The summed E-state index contributed by atoms with van der Waals surface area (Å²) in [6.07, 6.45) is 4.22. The van der Waals surface area contributed by atoms with Crippen molar-refractivity contribution in [1.29, 1.82) is 0 Å². The van der Waals surface area contributed by atoms with Crippen molar-refractivity contribution in [2.45, 2.75) is 26.3 Å². The number of fused-ring (bicyclic) bond motifs is 1. The third-order valence-corrected chi connectivity index (χ3v) is 3.92. The van der Waals surface area contributed by atoms with Crippen LogP contribution >= 0.6 is 11.6 Å². The summed E-state index contributed by atoms with van der Waals surface area (Å²) in [5.41, 5.74) is 3.48. The Morgan fingerprint density at radius 3 is 2.80 bits per heavy atom. The zero-order valence-electron chi connectivity index (χ0n) is 11.6. The summed E-state index contributed by atoms with van der Waals surface area (Å²) in [6.45, 7) is 5.41. The average molecular weight is 288 g/mol. The van der Waals surface area contributed by atoms with Crippen LogP contribution in [0.3, 0.4) is 0 Å². The van der Waals surface area contributed by atoms with Gasteiger partial charge in [0, 0.05) is 29.9 Å². The highest BCUT2D eigenvalue weighted by Gasteiger charge is 2.18. The number of hydrogen-bond acceptors (Lipinski definition) is 3. The first-order valence-electron chi connectivity index (χ1n) is 7.09. The maximum Gasteiger partial charge on any atom is 0.159 e. The van der Waals surface area contributed by atoms with Gasteiger partial charge in [-0.2, -0.15) is 0 Å². The first-order valence-corrected chi connectivity index (χ1v) is 7.47. The second-order valence-corrected chi connectivity index (χ2v) is 5.64. The lowest BCUT2D eigenvalue weighted by atomic mass is 10.1. The van der Waals surface area contributed by atoms with Crippen molar-refractivity contribution in [3.05, 3.63) is 46.7 Å². The van der Waals surface area contributed by atoms with Crippen molar-refractivity contribution in [1.82, 2.24) is 14.9 Å². The Morgan fingerprint density at radius 2 is 2.05 bits per heavy atom. The highest BCUT2D eigenvalue weighted by atomic mass is 35.5. The van der Waals surface area contributed by atoms with Gasteiger partial charge in [0.25, 0.3) is 0 Å². The Labute approximate surface area is 124 Å². The van der Waals surface area contributed by atoms with Crippen LogP contribution in [0.1, 0.15) is 24.6 Å². The van der Waals surface area contributed by atoms with E-state index < -0.39 is 0 Å². The van der Waals surface area contributed by atoms with Crippen molar-refractivity contribution < 1.29 is 0 Å². The summed E-state index contributed by atoms with van der Waals surface area (Å²) in [5, 5.41) is 0.737. The van der Waals surface area contributed by atoms with Gasteiger partial charge in [-0.15, -0.1) is 0 Å². The molecule has 1 aliphatic rings. The lowest BCUT2D eigenvalue weighted by Crippen LogP contribution is -2.32. The molecule has 0 fully saturated rings. The van der Waals surface area contributed by atoms with Crippen molar-refractivity contribution >= 4 is 11.6 Å². The molecule has 0 bridgehead atoms. The Balaban J connectivity index is 1.88. The average Bonchev–Trinajstić information content (AvgIpc) is 2.48. The van der Waals surface area contributed by atoms with Crippen molar-refractivity contribution in [2.24, 2.45) is 0 Å². The minimum Gasteiger partial charge on any atom is -0.297 e. The molecule has 0 saturated carbocycles. The molecule has 4 heteroatoms. The SMILES string of the molecule is CCCN1CCc2cnc(-c3ccc(Cl)cc3)nc2C1. The fourth-order valence-corrected chi connectivity index (χ4v) is 2.73. The smallest absolute Gasteiger partial charge is 0.159 e. The van der Waals surface area contributed by atoms with E-state index in [4.69, 9.17) is 16.6 Å². The van der Waals surface area contributed by atoms with Crippen LogP contribution in [0, 0.1) is 0 Å². The molecule has 0 aliphatic carbocycles. The van der Waals surface area contributed by atoms with Gasteiger partial charge >= 0.3 is 0 Å². The maximum absolute atomic E-state index is 5.92. The van der Waals surface area contributed by atoms with Gasteiger partial charge in [-0.25, -0.2) is 9.97 Å². The predicted molar refractivity (Wildman–Crippen MR) is 81.8 cm³/mol. The molecule has 2 heterocycles. The van der Waals surface area contributed by atoms with Crippen molar-refractivity contribution in [3.63, 3.8) is 0 Å². The summed E-state index contributed by atoms with van der Waals surface area (Å²) < 4.78 is 0. The van der Waals surface area contributed by atoms with Gasteiger partial charge in [0.15, 0.2) is 5.82 Å². The molecule has 3 rings (SSSR count). The molecule has 0 spiro atoms. The van der Waals surface area contributed by atoms with Crippen LogP contribution in [0.5, 0.6) is 0 Å². The van der Waals surface area contributed by atoms with E-state index in [-0.39, 0.29) is 0 Å². The fraction of sp³-hybridized carbons (Fsp3) is 0.375. The molecule has 104 valence electrons. The van der Waals surface area contributed by atoms with Gasteiger partial charge in [0.1, 0.15) is 0 Å². The molecule has 1 aliphatic heterocycles. The van der Waals surface area contributed by atoms with Crippen molar-refractivity contribution in [3.8, 4) is 11.4 Å². The minimum atomic E-state index is 0.737. The zero-order valence-corrected chi connectivity index (χ0v) is 12.4. The minimum absolute atomic E-state index is 0.737. The second-order valence-electron chi connectivity index (χ2n) is 5.20. The normalized spacial score (nSPS) is 15.1. The lowest BCUT2D eigenvalue weighted by molar-refractivity contribution is 0.250. The predicted octanol–water partition coefficient (Wildman–Crippen LogP) is 3.57. The summed E-state index contributed by atoms with van der Waals surface area (Å²) in [4.78, 5) is 11.7. The molecule has 1 aromatic heterocycles. The van der Waals surface area contributed by atoms with Gasteiger partial charge < -0.3 is 0 Å². The van der Waals surface area contributed by atoms with Gasteiger partial charge in [-0.05, 0) is 49.2 Å². The molecule has 0 radical (unpaired) electrons. The van der Waals surface area contributed by atoms with Gasteiger partial charge in [-0.3, -0.25) is 4.90 Å².